The molecule has 1 fully saturated rings. The number of methoxy groups -OCH3 is 1. The van der Waals surface area contributed by atoms with Crippen LogP contribution in [0.4, 0.5) is 0 Å². The molecule has 0 amide bonds. The number of carbonyl (C=O) groups excluding carboxylic acids is 1. The minimum atomic E-state index is -1.51. The number of carbonyl (C=O) groups is 1. The van der Waals surface area contributed by atoms with E-state index in [9.17, 15) is 9.90 Å². The molecule has 0 saturated carbocycles. The van der Waals surface area contributed by atoms with Crippen molar-refractivity contribution in [2.75, 3.05) is 20.3 Å². The van der Waals surface area contributed by atoms with Gasteiger partial charge in [-0.25, -0.2) is 0 Å². The van der Waals surface area contributed by atoms with Crippen LogP contribution in [0, 0.1) is 5.92 Å². The van der Waals surface area contributed by atoms with E-state index in [-0.39, 0.29) is 12.4 Å². The fourth-order valence-corrected chi connectivity index (χ4v) is 3.35. The first-order valence-corrected chi connectivity index (χ1v) is 9.74. The van der Waals surface area contributed by atoms with Crippen LogP contribution >= 0.6 is 0 Å². The van der Waals surface area contributed by atoms with Gasteiger partial charge >= 0.3 is 0 Å². The monoisotopic (exact) mass is 400 g/mol. The van der Waals surface area contributed by atoms with Gasteiger partial charge in [0.25, 0.3) is 0 Å². The van der Waals surface area contributed by atoms with Gasteiger partial charge in [0.2, 0.25) is 0 Å². The van der Waals surface area contributed by atoms with Crippen LogP contribution in [-0.2, 0) is 32.2 Å². The zero-order chi connectivity index (χ0) is 20.7. The van der Waals surface area contributed by atoms with E-state index in [0.29, 0.717) is 26.2 Å². The molecule has 0 aliphatic carbocycles. The van der Waals surface area contributed by atoms with Crippen LogP contribution in [0.5, 0.6) is 5.75 Å². The summed E-state index contributed by atoms with van der Waals surface area (Å²) in [6.45, 7) is 2.53. The Balaban J connectivity index is 1.57. The third-order valence-corrected chi connectivity index (χ3v) is 5.25. The van der Waals surface area contributed by atoms with Gasteiger partial charge in [-0.2, -0.15) is 0 Å². The maximum atomic E-state index is 12.2. The zero-order valence-corrected chi connectivity index (χ0v) is 16.9. The van der Waals surface area contributed by atoms with Gasteiger partial charge < -0.3 is 24.1 Å². The van der Waals surface area contributed by atoms with Crippen molar-refractivity contribution in [1.29, 1.82) is 0 Å². The molecule has 6 heteroatoms. The van der Waals surface area contributed by atoms with E-state index in [0.717, 1.165) is 16.9 Å². The second-order valence-corrected chi connectivity index (χ2v) is 7.34. The van der Waals surface area contributed by atoms with Crippen LogP contribution in [0.2, 0.25) is 0 Å². The van der Waals surface area contributed by atoms with E-state index in [1.54, 1.807) is 7.11 Å². The first-order chi connectivity index (χ1) is 14.0. The number of hydrogen-bond acceptors (Lipinski definition) is 6. The Morgan fingerprint density at radius 1 is 1.07 bits per heavy atom. The third-order valence-electron chi connectivity index (χ3n) is 5.25. The van der Waals surface area contributed by atoms with Crippen LogP contribution < -0.4 is 4.74 Å². The fraction of sp³-hybridized carbons (Fsp3) is 0.435. The van der Waals surface area contributed by atoms with Gasteiger partial charge in [-0.1, -0.05) is 42.5 Å². The molecule has 1 saturated heterocycles. The molecule has 2 aromatic carbocycles. The first-order valence-electron chi connectivity index (χ1n) is 9.74. The van der Waals surface area contributed by atoms with Gasteiger partial charge in [0.15, 0.2) is 12.1 Å². The molecule has 29 heavy (non-hydrogen) atoms. The van der Waals surface area contributed by atoms with Crippen LogP contribution in [0.25, 0.3) is 0 Å². The Labute approximate surface area is 171 Å². The van der Waals surface area contributed by atoms with E-state index in [1.165, 1.54) is 6.92 Å². The lowest BCUT2D eigenvalue weighted by molar-refractivity contribution is -0.241. The molecular formula is C23H28O6. The van der Waals surface area contributed by atoms with Gasteiger partial charge in [0.05, 0.1) is 20.3 Å². The number of aliphatic hydroxyl groups is 1. The lowest BCUT2D eigenvalue weighted by atomic mass is 9.81. The molecule has 1 aliphatic heterocycles. The number of ketones is 1. The predicted molar refractivity (Wildman–Crippen MR) is 107 cm³/mol. The molecule has 0 radical (unpaired) electrons. The van der Waals surface area contributed by atoms with Crippen molar-refractivity contribution in [2.45, 2.75) is 38.4 Å². The van der Waals surface area contributed by atoms with Gasteiger partial charge in [-0.3, -0.25) is 4.79 Å². The third kappa shape index (κ3) is 5.64. The smallest absolute Gasteiger partial charge is 0.190 e. The summed E-state index contributed by atoms with van der Waals surface area (Å²) in [4.78, 5) is 12.2. The summed E-state index contributed by atoms with van der Waals surface area (Å²) in [5.41, 5.74) is 0.506. The van der Waals surface area contributed by atoms with Crippen molar-refractivity contribution in [2.24, 2.45) is 5.92 Å². The van der Waals surface area contributed by atoms with E-state index in [1.807, 2.05) is 54.6 Å². The molecular weight excluding hydrogens is 372 g/mol. The summed E-state index contributed by atoms with van der Waals surface area (Å²) < 4.78 is 22.4. The summed E-state index contributed by atoms with van der Waals surface area (Å²) in [7, 11) is 1.62. The molecule has 6 nitrogen and oxygen atoms in total. The van der Waals surface area contributed by atoms with E-state index >= 15 is 0 Å². The quantitative estimate of drug-likeness (QED) is 0.652. The Bertz CT molecular complexity index is 772. The van der Waals surface area contributed by atoms with Crippen LogP contribution in [0.3, 0.4) is 0 Å². The average molecular weight is 400 g/mol. The van der Waals surface area contributed by atoms with Crippen molar-refractivity contribution >= 4 is 5.78 Å². The second kappa shape index (κ2) is 9.98. The highest BCUT2D eigenvalue weighted by Gasteiger charge is 2.48. The molecule has 2 aromatic rings. The lowest BCUT2D eigenvalue weighted by Gasteiger charge is -2.40. The molecule has 156 valence electrons. The largest absolute Gasteiger partial charge is 0.497 e. The minimum Gasteiger partial charge on any atom is -0.497 e. The minimum absolute atomic E-state index is 0.165. The van der Waals surface area contributed by atoms with Crippen molar-refractivity contribution in [3.8, 4) is 5.75 Å². The molecule has 0 aromatic heterocycles. The molecule has 1 heterocycles. The van der Waals surface area contributed by atoms with E-state index in [2.05, 4.69) is 0 Å². The Morgan fingerprint density at radius 2 is 1.76 bits per heavy atom. The molecule has 1 aliphatic rings. The number of benzene rings is 2. The number of ether oxygens (including phenoxy) is 4. The highest BCUT2D eigenvalue weighted by Crippen LogP contribution is 2.32. The Kier molecular flexibility index (Phi) is 7.39. The standard InChI is InChI=1S/C23H28O6/c1-23(25)20(12-13-27-14-17-6-4-3-5-7-17)22(29-16-21(23)24)28-15-18-8-10-19(26-2)11-9-18/h3-11,20,22,25H,12-16H2,1-2H3/t20-,22+,23-/m0/s1. The van der Waals surface area contributed by atoms with E-state index < -0.39 is 17.8 Å². The maximum absolute atomic E-state index is 12.2. The van der Waals surface area contributed by atoms with Crippen LogP contribution in [-0.4, -0.2) is 43.1 Å². The Morgan fingerprint density at radius 3 is 2.45 bits per heavy atom. The zero-order valence-electron chi connectivity index (χ0n) is 16.9. The molecule has 0 spiro atoms. The molecule has 3 rings (SSSR count). The summed E-state index contributed by atoms with van der Waals surface area (Å²) in [6.07, 6.45) is -0.246. The molecule has 3 atom stereocenters. The summed E-state index contributed by atoms with van der Waals surface area (Å²) in [5.74, 6) is -0.0859. The van der Waals surface area contributed by atoms with Gasteiger partial charge in [-0.15, -0.1) is 0 Å². The Hall–Kier alpha value is -2.25. The highest BCUT2D eigenvalue weighted by molar-refractivity contribution is 5.88. The predicted octanol–water partition coefficient (Wildman–Crippen LogP) is 3.11. The number of hydrogen-bond donors (Lipinski definition) is 1. The highest BCUT2D eigenvalue weighted by atomic mass is 16.7. The summed E-state index contributed by atoms with van der Waals surface area (Å²) >= 11 is 0. The molecule has 0 bridgehead atoms. The second-order valence-electron chi connectivity index (χ2n) is 7.34. The number of Topliss-reactive ketones (excluding diaryl/α,β-unsaturated/α-hetero) is 1. The van der Waals surface area contributed by atoms with Crippen molar-refractivity contribution in [3.63, 3.8) is 0 Å². The van der Waals surface area contributed by atoms with Crippen LogP contribution in [0.15, 0.2) is 54.6 Å². The van der Waals surface area contributed by atoms with Gasteiger partial charge in [0.1, 0.15) is 18.0 Å². The van der Waals surface area contributed by atoms with Crippen molar-refractivity contribution in [1.82, 2.24) is 0 Å². The average Bonchev–Trinajstić information content (AvgIpc) is 2.74. The lowest BCUT2D eigenvalue weighted by Crippen LogP contribution is -2.56. The van der Waals surface area contributed by atoms with Crippen molar-refractivity contribution in [3.05, 3.63) is 65.7 Å². The number of rotatable bonds is 9. The van der Waals surface area contributed by atoms with E-state index in [4.69, 9.17) is 18.9 Å². The topological polar surface area (TPSA) is 74.2 Å². The SMILES string of the molecule is COc1ccc(CO[C@@H]2OCC(=O)[C@@](C)(O)[C@H]2CCOCc2ccccc2)cc1. The van der Waals surface area contributed by atoms with Crippen molar-refractivity contribution < 1.29 is 28.8 Å². The normalized spacial score (nSPS) is 24.4. The molecule has 0 unspecified atom stereocenters. The summed E-state index contributed by atoms with van der Waals surface area (Å²) in [5, 5.41) is 10.8. The fourth-order valence-electron chi connectivity index (χ4n) is 3.35. The first kappa shape index (κ1) is 21.5. The van der Waals surface area contributed by atoms with Gasteiger partial charge in [0, 0.05) is 12.5 Å². The van der Waals surface area contributed by atoms with Crippen LogP contribution in [0.1, 0.15) is 24.5 Å². The summed E-state index contributed by atoms with van der Waals surface area (Å²) in [6, 6.07) is 17.4. The maximum Gasteiger partial charge on any atom is 0.190 e. The molecule has 1 N–H and O–H groups in total. The van der Waals surface area contributed by atoms with Gasteiger partial charge in [-0.05, 0) is 36.6 Å².